The van der Waals surface area contributed by atoms with Crippen molar-refractivity contribution in [2.24, 2.45) is 5.73 Å². The van der Waals surface area contributed by atoms with E-state index in [1.807, 2.05) is 16.3 Å². The van der Waals surface area contributed by atoms with E-state index in [-0.39, 0.29) is 30.4 Å². The van der Waals surface area contributed by atoms with Crippen LogP contribution >= 0.6 is 11.8 Å². The lowest BCUT2D eigenvalue weighted by Gasteiger charge is -2.16. The van der Waals surface area contributed by atoms with Crippen molar-refractivity contribution < 1.29 is 19.5 Å². The van der Waals surface area contributed by atoms with Crippen LogP contribution in [0.1, 0.15) is 37.8 Å². The van der Waals surface area contributed by atoms with Crippen LogP contribution in [-0.2, 0) is 22.6 Å². The minimum atomic E-state index is -1.04. The summed E-state index contributed by atoms with van der Waals surface area (Å²) in [6.45, 7) is 1.28. The molecule has 10 nitrogen and oxygen atoms in total. The topological polar surface area (TPSA) is 151 Å². The molecule has 0 spiro atoms. The fourth-order valence-electron chi connectivity index (χ4n) is 3.80. The van der Waals surface area contributed by atoms with E-state index >= 15 is 0 Å². The highest BCUT2D eigenvalue weighted by molar-refractivity contribution is 8.00. The number of aromatic nitrogens is 2. The Morgan fingerprint density at radius 1 is 1.37 bits per heavy atom. The summed E-state index contributed by atoms with van der Waals surface area (Å²) in [7, 11) is 0. The van der Waals surface area contributed by atoms with Gasteiger partial charge in [-0.15, -0.1) is 0 Å². The first-order chi connectivity index (χ1) is 14.4. The SMILES string of the molecule is N[C@@H](Cc1cn(CCCNC(=O)CCCC[C@@H]2SC[C@@H]3NC(=O)N[C@@H]32)cn1)C(=O)O. The third-order valence-electron chi connectivity index (χ3n) is 5.43. The first kappa shape index (κ1) is 22.4. The van der Waals surface area contributed by atoms with Crippen LogP contribution in [0.3, 0.4) is 0 Å². The van der Waals surface area contributed by atoms with Gasteiger partial charge in [0.1, 0.15) is 6.04 Å². The molecule has 0 unspecified atom stereocenters. The number of hydrogen-bond donors (Lipinski definition) is 5. The van der Waals surface area contributed by atoms with Gasteiger partial charge in [0.05, 0.1) is 24.1 Å². The van der Waals surface area contributed by atoms with Crippen molar-refractivity contribution in [3.63, 3.8) is 0 Å². The number of imidazole rings is 1. The van der Waals surface area contributed by atoms with Crippen LogP contribution in [0.25, 0.3) is 0 Å². The zero-order valence-corrected chi connectivity index (χ0v) is 17.7. The van der Waals surface area contributed by atoms with Crippen LogP contribution in [0.15, 0.2) is 12.5 Å². The minimum Gasteiger partial charge on any atom is -0.480 e. The number of nitrogens with zero attached hydrogens (tertiary/aromatic N) is 2. The highest BCUT2D eigenvalue weighted by Crippen LogP contribution is 2.33. The van der Waals surface area contributed by atoms with Crippen molar-refractivity contribution in [3.8, 4) is 0 Å². The molecule has 2 aliphatic rings. The zero-order chi connectivity index (χ0) is 21.5. The summed E-state index contributed by atoms with van der Waals surface area (Å²) >= 11 is 1.89. The Morgan fingerprint density at radius 2 is 2.20 bits per heavy atom. The average molecular weight is 439 g/mol. The Hall–Kier alpha value is -2.27. The summed E-state index contributed by atoms with van der Waals surface area (Å²) in [6, 6.07) is -0.545. The largest absolute Gasteiger partial charge is 0.480 e. The van der Waals surface area contributed by atoms with E-state index in [0.717, 1.165) is 31.4 Å². The lowest BCUT2D eigenvalue weighted by atomic mass is 10.0. The summed E-state index contributed by atoms with van der Waals surface area (Å²) in [4.78, 5) is 38.3. The van der Waals surface area contributed by atoms with Gasteiger partial charge in [-0.1, -0.05) is 6.42 Å². The highest BCUT2D eigenvalue weighted by Gasteiger charge is 2.42. The van der Waals surface area contributed by atoms with E-state index in [1.165, 1.54) is 0 Å². The van der Waals surface area contributed by atoms with Crippen molar-refractivity contribution in [2.75, 3.05) is 12.3 Å². The number of amides is 3. The molecule has 6 N–H and O–H groups in total. The van der Waals surface area contributed by atoms with Crippen LogP contribution in [0.5, 0.6) is 0 Å². The summed E-state index contributed by atoms with van der Waals surface area (Å²) in [5.41, 5.74) is 6.16. The highest BCUT2D eigenvalue weighted by atomic mass is 32.2. The Labute approximate surface area is 179 Å². The van der Waals surface area contributed by atoms with E-state index in [1.54, 1.807) is 12.5 Å². The Bertz CT molecular complexity index is 757. The second kappa shape index (κ2) is 10.7. The number of carbonyl (C=O) groups excluding carboxylic acids is 2. The number of carboxylic acid groups (broad SMARTS) is 1. The zero-order valence-electron chi connectivity index (χ0n) is 16.9. The van der Waals surface area contributed by atoms with Gasteiger partial charge < -0.3 is 31.4 Å². The first-order valence-corrected chi connectivity index (χ1v) is 11.4. The van der Waals surface area contributed by atoms with Crippen molar-refractivity contribution in [2.45, 2.75) is 68.4 Å². The summed E-state index contributed by atoms with van der Waals surface area (Å²) in [5, 5.41) is 18.1. The van der Waals surface area contributed by atoms with Crippen molar-refractivity contribution in [1.29, 1.82) is 0 Å². The average Bonchev–Trinajstić information content (AvgIpc) is 3.39. The summed E-state index contributed by atoms with van der Waals surface area (Å²) in [6.07, 6.45) is 7.74. The molecule has 2 aliphatic heterocycles. The molecule has 0 saturated carbocycles. The van der Waals surface area contributed by atoms with Crippen LogP contribution in [0.4, 0.5) is 4.79 Å². The first-order valence-electron chi connectivity index (χ1n) is 10.4. The number of carboxylic acids is 1. The normalized spacial score (nSPS) is 23.5. The van der Waals surface area contributed by atoms with Gasteiger partial charge in [0.25, 0.3) is 0 Å². The van der Waals surface area contributed by atoms with Crippen LogP contribution in [-0.4, -0.2) is 68.2 Å². The summed E-state index contributed by atoms with van der Waals surface area (Å²) < 4.78 is 1.87. The molecular formula is C19H30N6O4S. The molecule has 4 atom stereocenters. The second-order valence-corrected chi connectivity index (χ2v) is 9.10. The minimum absolute atomic E-state index is 0.0570. The molecular weight excluding hydrogens is 408 g/mol. The number of nitrogens with one attached hydrogen (secondary N) is 3. The van der Waals surface area contributed by atoms with Gasteiger partial charge >= 0.3 is 12.0 Å². The van der Waals surface area contributed by atoms with Crippen LogP contribution < -0.4 is 21.7 Å². The Kier molecular flexibility index (Phi) is 7.97. The molecule has 2 fully saturated rings. The predicted octanol–water partition coefficient (Wildman–Crippen LogP) is 0.0696. The maximum absolute atomic E-state index is 12.0. The standard InChI is InChI=1S/C19H30N6O4S/c20-13(18(27)28)8-12-9-25(11-22-12)7-3-6-21-16(26)5-2-1-4-15-17-14(10-30-15)23-19(29)24-17/h9,11,13-15,17H,1-8,10,20H2,(H,21,26)(H,27,28)(H2,23,24,29)/t13-,14-,15-,17-/m0/s1. The number of carbonyl (C=O) groups is 3. The third-order valence-corrected chi connectivity index (χ3v) is 6.94. The molecule has 0 bridgehead atoms. The monoisotopic (exact) mass is 438 g/mol. The molecule has 3 amide bonds. The molecule has 2 saturated heterocycles. The number of unbranched alkanes of at least 4 members (excludes halogenated alkanes) is 1. The van der Waals surface area contributed by atoms with Crippen LogP contribution in [0.2, 0.25) is 0 Å². The molecule has 166 valence electrons. The van der Waals surface area contributed by atoms with E-state index in [0.29, 0.717) is 30.5 Å². The van der Waals surface area contributed by atoms with Crippen molar-refractivity contribution in [1.82, 2.24) is 25.5 Å². The second-order valence-electron chi connectivity index (χ2n) is 7.82. The summed E-state index contributed by atoms with van der Waals surface area (Å²) in [5.74, 6) is -0.0263. The van der Waals surface area contributed by atoms with Gasteiger partial charge in [0.15, 0.2) is 0 Å². The predicted molar refractivity (Wildman–Crippen MR) is 113 cm³/mol. The smallest absolute Gasteiger partial charge is 0.320 e. The maximum Gasteiger partial charge on any atom is 0.320 e. The number of aryl methyl sites for hydroxylation is 1. The molecule has 0 aromatic carbocycles. The lowest BCUT2D eigenvalue weighted by molar-refractivity contribution is -0.138. The molecule has 0 aliphatic carbocycles. The Morgan fingerprint density at radius 3 is 3.00 bits per heavy atom. The molecule has 30 heavy (non-hydrogen) atoms. The lowest BCUT2D eigenvalue weighted by Crippen LogP contribution is -2.36. The third kappa shape index (κ3) is 6.36. The molecule has 1 aromatic heterocycles. The van der Waals surface area contributed by atoms with E-state index in [4.69, 9.17) is 10.8 Å². The fourth-order valence-corrected chi connectivity index (χ4v) is 5.34. The number of nitrogens with two attached hydrogens (primary N) is 1. The van der Waals surface area contributed by atoms with Gasteiger partial charge in [0.2, 0.25) is 5.91 Å². The molecule has 11 heteroatoms. The molecule has 1 aromatic rings. The van der Waals surface area contributed by atoms with Crippen LogP contribution in [0, 0.1) is 0 Å². The van der Waals surface area contributed by atoms with Gasteiger partial charge in [-0.05, 0) is 19.3 Å². The number of urea groups is 1. The van der Waals surface area contributed by atoms with Gasteiger partial charge in [0, 0.05) is 43.1 Å². The number of fused-ring (bicyclic) bond motifs is 1. The Balaban J connectivity index is 1.22. The van der Waals surface area contributed by atoms with E-state index in [2.05, 4.69) is 20.9 Å². The van der Waals surface area contributed by atoms with Gasteiger partial charge in [-0.2, -0.15) is 11.8 Å². The van der Waals surface area contributed by atoms with E-state index in [9.17, 15) is 14.4 Å². The van der Waals surface area contributed by atoms with Crippen molar-refractivity contribution >= 4 is 29.7 Å². The molecule has 3 rings (SSSR count). The molecule has 0 radical (unpaired) electrons. The maximum atomic E-state index is 12.0. The fraction of sp³-hybridized carbons (Fsp3) is 0.684. The van der Waals surface area contributed by atoms with Gasteiger partial charge in [-0.25, -0.2) is 9.78 Å². The number of thioether (sulfide) groups is 1. The quantitative estimate of drug-likeness (QED) is 0.229. The number of hydrogen-bond acceptors (Lipinski definition) is 6. The number of aliphatic carboxylic acids is 1. The number of rotatable bonds is 12. The van der Waals surface area contributed by atoms with Gasteiger partial charge in [-0.3, -0.25) is 9.59 Å². The molecule has 3 heterocycles. The van der Waals surface area contributed by atoms with E-state index < -0.39 is 12.0 Å². The van der Waals surface area contributed by atoms with Crippen molar-refractivity contribution in [3.05, 3.63) is 18.2 Å².